The molecule has 0 bridgehead atoms. The van der Waals surface area contributed by atoms with Crippen molar-refractivity contribution in [3.8, 4) is 0 Å². The summed E-state index contributed by atoms with van der Waals surface area (Å²) in [6.45, 7) is 4.31. The molecule has 1 saturated heterocycles. The number of carboxylic acids is 1. The second-order valence-corrected chi connectivity index (χ2v) is 7.12. The largest absolute Gasteiger partial charge is 0.480 e. The average Bonchev–Trinajstić information content (AvgIpc) is 2.62. The van der Waals surface area contributed by atoms with Crippen LogP contribution in [0.1, 0.15) is 26.7 Å². The van der Waals surface area contributed by atoms with Gasteiger partial charge in [-0.2, -0.15) is 0 Å². The second-order valence-electron chi connectivity index (χ2n) is 4.45. The summed E-state index contributed by atoms with van der Waals surface area (Å²) < 4.78 is 23.2. The molecule has 0 spiro atoms. The van der Waals surface area contributed by atoms with Gasteiger partial charge in [0.15, 0.2) is 9.84 Å². The van der Waals surface area contributed by atoms with E-state index >= 15 is 0 Å². The molecular formula is C10H19NO4S. The van der Waals surface area contributed by atoms with Crippen molar-refractivity contribution in [1.82, 2.24) is 4.90 Å². The molecule has 0 aliphatic carbocycles. The minimum atomic E-state index is -3.07. The molecule has 0 amide bonds. The van der Waals surface area contributed by atoms with Crippen molar-refractivity contribution in [3.05, 3.63) is 0 Å². The quantitative estimate of drug-likeness (QED) is 0.761. The number of aliphatic carboxylic acids is 1. The summed E-state index contributed by atoms with van der Waals surface area (Å²) in [5.74, 6) is -0.798. The molecule has 1 rings (SSSR count). The summed E-state index contributed by atoms with van der Waals surface area (Å²) >= 11 is 0. The Labute approximate surface area is 96.4 Å². The number of nitrogens with zero attached hydrogens (tertiary/aromatic N) is 1. The Balaban J connectivity index is 2.53. The standard InChI is InChI=1S/C10H19NO4S/c1-8(2)16(14,15)7-6-11-5-3-4-9(11)10(12)13/h8-9H,3-7H2,1-2H3,(H,12,13). The summed E-state index contributed by atoms with van der Waals surface area (Å²) in [7, 11) is -3.07. The van der Waals surface area contributed by atoms with E-state index in [2.05, 4.69) is 0 Å². The summed E-state index contributed by atoms with van der Waals surface area (Å²) in [5.41, 5.74) is 0. The first kappa shape index (κ1) is 13.4. The van der Waals surface area contributed by atoms with Crippen LogP contribution in [-0.2, 0) is 14.6 Å². The van der Waals surface area contributed by atoms with Crippen LogP contribution in [0.3, 0.4) is 0 Å². The fraction of sp³-hybridized carbons (Fsp3) is 0.900. The van der Waals surface area contributed by atoms with E-state index in [-0.39, 0.29) is 5.75 Å². The Bertz CT molecular complexity index is 350. The number of hydrogen-bond acceptors (Lipinski definition) is 4. The molecule has 0 saturated carbocycles. The number of rotatable bonds is 5. The topological polar surface area (TPSA) is 74.7 Å². The van der Waals surface area contributed by atoms with Crippen LogP contribution in [0.5, 0.6) is 0 Å². The van der Waals surface area contributed by atoms with E-state index in [1.54, 1.807) is 18.7 Å². The van der Waals surface area contributed by atoms with Gasteiger partial charge in [-0.15, -0.1) is 0 Å². The Morgan fingerprint density at radius 3 is 2.62 bits per heavy atom. The minimum Gasteiger partial charge on any atom is -0.480 e. The van der Waals surface area contributed by atoms with Gasteiger partial charge >= 0.3 is 5.97 Å². The third-order valence-corrected chi connectivity index (χ3v) is 5.22. The van der Waals surface area contributed by atoms with Gasteiger partial charge in [0.2, 0.25) is 0 Å². The summed E-state index contributed by atoms with van der Waals surface area (Å²) in [4.78, 5) is 12.6. The molecule has 1 fully saturated rings. The van der Waals surface area contributed by atoms with E-state index < -0.39 is 27.1 Å². The molecule has 1 aliphatic rings. The first-order valence-corrected chi connectivity index (χ1v) is 7.24. The summed E-state index contributed by atoms with van der Waals surface area (Å²) in [6, 6.07) is -0.498. The number of carboxylic acid groups (broad SMARTS) is 1. The molecule has 94 valence electrons. The van der Waals surface area contributed by atoms with E-state index in [1.165, 1.54) is 0 Å². The highest BCUT2D eigenvalue weighted by Crippen LogP contribution is 2.17. The summed E-state index contributed by atoms with van der Waals surface area (Å²) in [6.07, 6.45) is 1.45. The zero-order chi connectivity index (χ0) is 12.3. The van der Waals surface area contributed by atoms with Crippen molar-refractivity contribution in [2.75, 3.05) is 18.8 Å². The molecule has 0 radical (unpaired) electrons. The van der Waals surface area contributed by atoms with Crippen molar-refractivity contribution in [1.29, 1.82) is 0 Å². The van der Waals surface area contributed by atoms with Crippen LogP contribution in [0.4, 0.5) is 0 Å². The van der Waals surface area contributed by atoms with Gasteiger partial charge in [0.25, 0.3) is 0 Å². The third-order valence-electron chi connectivity index (χ3n) is 3.03. The predicted octanol–water partition coefficient (Wildman–Crippen LogP) is 0.359. The van der Waals surface area contributed by atoms with E-state index in [4.69, 9.17) is 5.11 Å². The maximum Gasteiger partial charge on any atom is 0.320 e. The molecule has 5 nitrogen and oxygen atoms in total. The molecule has 6 heteroatoms. The smallest absolute Gasteiger partial charge is 0.320 e. The van der Waals surface area contributed by atoms with E-state index in [1.807, 2.05) is 0 Å². The zero-order valence-corrected chi connectivity index (χ0v) is 10.5. The lowest BCUT2D eigenvalue weighted by atomic mass is 10.2. The molecule has 0 aromatic heterocycles. The van der Waals surface area contributed by atoms with Gasteiger partial charge in [0.1, 0.15) is 6.04 Å². The molecule has 1 heterocycles. The van der Waals surface area contributed by atoms with Crippen LogP contribution in [0.15, 0.2) is 0 Å². The van der Waals surface area contributed by atoms with Crippen LogP contribution in [0.2, 0.25) is 0 Å². The Morgan fingerprint density at radius 2 is 2.12 bits per heavy atom. The Morgan fingerprint density at radius 1 is 1.50 bits per heavy atom. The van der Waals surface area contributed by atoms with E-state index in [9.17, 15) is 13.2 Å². The van der Waals surface area contributed by atoms with Crippen molar-refractivity contribution >= 4 is 15.8 Å². The number of hydrogen-bond donors (Lipinski definition) is 1. The van der Waals surface area contributed by atoms with Crippen molar-refractivity contribution in [2.24, 2.45) is 0 Å². The molecule has 0 aromatic carbocycles. The first-order valence-electron chi connectivity index (χ1n) is 5.53. The molecule has 1 unspecified atom stereocenters. The minimum absolute atomic E-state index is 0.0500. The normalized spacial score (nSPS) is 22.8. The van der Waals surface area contributed by atoms with Crippen LogP contribution < -0.4 is 0 Å². The highest BCUT2D eigenvalue weighted by molar-refractivity contribution is 7.92. The van der Waals surface area contributed by atoms with E-state index in [0.29, 0.717) is 19.5 Å². The van der Waals surface area contributed by atoms with Crippen molar-refractivity contribution in [2.45, 2.75) is 38.0 Å². The zero-order valence-electron chi connectivity index (χ0n) is 9.72. The van der Waals surface area contributed by atoms with Crippen molar-refractivity contribution < 1.29 is 18.3 Å². The fourth-order valence-electron chi connectivity index (χ4n) is 1.85. The molecule has 1 atom stereocenters. The van der Waals surface area contributed by atoms with Crippen LogP contribution in [0, 0.1) is 0 Å². The van der Waals surface area contributed by atoms with Gasteiger partial charge in [-0.3, -0.25) is 9.69 Å². The van der Waals surface area contributed by atoms with Gasteiger partial charge in [-0.05, 0) is 33.2 Å². The third kappa shape index (κ3) is 3.18. The monoisotopic (exact) mass is 249 g/mol. The number of sulfone groups is 1. The van der Waals surface area contributed by atoms with Crippen LogP contribution in [-0.4, -0.2) is 54.5 Å². The summed E-state index contributed by atoms with van der Waals surface area (Å²) in [5, 5.41) is 8.54. The number of carbonyl (C=O) groups is 1. The SMILES string of the molecule is CC(C)S(=O)(=O)CCN1CCCC1C(=O)O. The molecule has 0 aromatic rings. The fourth-order valence-corrected chi connectivity index (χ4v) is 2.81. The lowest BCUT2D eigenvalue weighted by molar-refractivity contribution is -0.142. The van der Waals surface area contributed by atoms with Gasteiger partial charge in [-0.1, -0.05) is 0 Å². The van der Waals surface area contributed by atoms with E-state index in [0.717, 1.165) is 6.42 Å². The van der Waals surface area contributed by atoms with Gasteiger partial charge in [-0.25, -0.2) is 8.42 Å². The van der Waals surface area contributed by atoms with Crippen molar-refractivity contribution in [3.63, 3.8) is 0 Å². The Kier molecular flexibility index (Phi) is 4.32. The molecule has 1 aliphatic heterocycles. The lowest BCUT2D eigenvalue weighted by Gasteiger charge is -2.21. The first-order chi connectivity index (χ1) is 7.34. The van der Waals surface area contributed by atoms with Crippen LogP contribution in [0.25, 0.3) is 0 Å². The highest BCUT2D eigenvalue weighted by atomic mass is 32.2. The maximum absolute atomic E-state index is 11.6. The highest BCUT2D eigenvalue weighted by Gasteiger charge is 2.31. The predicted molar refractivity (Wildman–Crippen MR) is 61.2 cm³/mol. The molecule has 1 N–H and O–H groups in total. The van der Waals surface area contributed by atoms with Gasteiger partial charge in [0.05, 0.1) is 11.0 Å². The second kappa shape index (κ2) is 5.14. The lowest BCUT2D eigenvalue weighted by Crippen LogP contribution is -2.39. The maximum atomic E-state index is 11.6. The molecular weight excluding hydrogens is 230 g/mol. The van der Waals surface area contributed by atoms with Gasteiger partial charge in [0, 0.05) is 6.54 Å². The van der Waals surface area contributed by atoms with Crippen LogP contribution >= 0.6 is 0 Å². The Hall–Kier alpha value is -0.620. The van der Waals surface area contributed by atoms with Gasteiger partial charge < -0.3 is 5.11 Å². The average molecular weight is 249 g/mol. The molecule has 16 heavy (non-hydrogen) atoms. The number of likely N-dealkylation sites (tertiary alicyclic amines) is 1.